The summed E-state index contributed by atoms with van der Waals surface area (Å²) >= 11 is 1.62. The number of carbonyl (C=O) groups is 1. The lowest BCUT2D eigenvalue weighted by molar-refractivity contribution is -0.142. The average Bonchev–Trinajstić information content (AvgIpc) is 2.33. The third kappa shape index (κ3) is 5.19. The molecule has 1 rings (SSSR count). The lowest BCUT2D eigenvalue weighted by Gasteiger charge is -2.08. The van der Waals surface area contributed by atoms with E-state index in [1.807, 2.05) is 6.07 Å². The van der Waals surface area contributed by atoms with Crippen LogP contribution in [0.3, 0.4) is 0 Å². The fourth-order valence-electron chi connectivity index (χ4n) is 1.30. The minimum absolute atomic E-state index is 0.227. The Morgan fingerprint density at radius 1 is 1.59 bits per heavy atom. The molecule has 1 atom stereocenters. The highest BCUT2D eigenvalue weighted by atomic mass is 32.2. The number of thioether (sulfide) groups is 1. The van der Waals surface area contributed by atoms with Crippen molar-refractivity contribution in [2.45, 2.75) is 18.2 Å². The van der Waals surface area contributed by atoms with Crippen LogP contribution in [0.2, 0.25) is 0 Å². The van der Waals surface area contributed by atoms with Gasteiger partial charge in [-0.05, 0) is 29.9 Å². The van der Waals surface area contributed by atoms with Gasteiger partial charge in [0.2, 0.25) is 0 Å². The van der Waals surface area contributed by atoms with Crippen LogP contribution in [0.4, 0.5) is 4.39 Å². The van der Waals surface area contributed by atoms with Crippen molar-refractivity contribution in [1.29, 1.82) is 0 Å². The molecule has 1 aromatic carbocycles. The monoisotopic (exact) mass is 257 g/mol. The first-order valence-electron chi connectivity index (χ1n) is 5.29. The van der Waals surface area contributed by atoms with E-state index >= 15 is 0 Å². The van der Waals surface area contributed by atoms with E-state index in [1.165, 1.54) is 19.2 Å². The highest BCUT2D eigenvalue weighted by Crippen LogP contribution is 2.14. The lowest BCUT2D eigenvalue weighted by Crippen LogP contribution is -2.31. The molecule has 0 bridgehead atoms. The number of hydrogen-bond acceptors (Lipinski definition) is 4. The zero-order valence-electron chi connectivity index (χ0n) is 9.69. The van der Waals surface area contributed by atoms with Crippen molar-refractivity contribution in [1.82, 2.24) is 0 Å². The molecule has 0 saturated heterocycles. The highest BCUT2D eigenvalue weighted by Gasteiger charge is 2.12. The summed E-state index contributed by atoms with van der Waals surface area (Å²) in [6.45, 7) is 0. The molecule has 0 heterocycles. The maximum atomic E-state index is 12.9. The third-order valence-corrected chi connectivity index (χ3v) is 3.30. The standard InChI is InChI=1S/C12H16FNO2S/c1-16-12(15)11(14)5-6-17-8-9-3-2-4-10(13)7-9/h2-4,7,11H,5-6,8,14H2,1H3. The Morgan fingerprint density at radius 3 is 3.00 bits per heavy atom. The number of ether oxygens (including phenoxy) is 1. The second-order valence-electron chi connectivity index (χ2n) is 3.60. The molecule has 0 spiro atoms. The van der Waals surface area contributed by atoms with Crippen LogP contribution in [0.15, 0.2) is 24.3 Å². The lowest BCUT2D eigenvalue weighted by atomic mass is 10.2. The van der Waals surface area contributed by atoms with Crippen LogP contribution >= 0.6 is 11.8 Å². The summed E-state index contributed by atoms with van der Waals surface area (Å²) in [5, 5.41) is 0. The Bertz CT molecular complexity index is 373. The van der Waals surface area contributed by atoms with Gasteiger partial charge in [-0.2, -0.15) is 11.8 Å². The van der Waals surface area contributed by atoms with Crippen molar-refractivity contribution < 1.29 is 13.9 Å². The number of methoxy groups -OCH3 is 1. The molecule has 0 aliphatic heterocycles. The molecular weight excluding hydrogens is 241 g/mol. The molecule has 17 heavy (non-hydrogen) atoms. The number of hydrogen-bond donors (Lipinski definition) is 1. The highest BCUT2D eigenvalue weighted by molar-refractivity contribution is 7.98. The summed E-state index contributed by atoms with van der Waals surface area (Å²) in [7, 11) is 1.32. The predicted molar refractivity (Wildman–Crippen MR) is 67.2 cm³/mol. The largest absolute Gasteiger partial charge is 0.468 e. The van der Waals surface area contributed by atoms with Crippen LogP contribution in [0.1, 0.15) is 12.0 Å². The van der Waals surface area contributed by atoms with Crippen molar-refractivity contribution in [3.8, 4) is 0 Å². The molecule has 94 valence electrons. The fraction of sp³-hybridized carbons (Fsp3) is 0.417. The van der Waals surface area contributed by atoms with Crippen LogP contribution < -0.4 is 5.73 Å². The van der Waals surface area contributed by atoms with Gasteiger partial charge in [0.15, 0.2) is 0 Å². The molecule has 3 nitrogen and oxygen atoms in total. The average molecular weight is 257 g/mol. The molecule has 0 radical (unpaired) electrons. The van der Waals surface area contributed by atoms with E-state index < -0.39 is 12.0 Å². The van der Waals surface area contributed by atoms with Gasteiger partial charge in [0.1, 0.15) is 11.9 Å². The first-order valence-corrected chi connectivity index (χ1v) is 6.44. The zero-order valence-corrected chi connectivity index (χ0v) is 10.5. The molecule has 5 heteroatoms. The first-order chi connectivity index (χ1) is 8.13. The molecule has 0 amide bonds. The fourth-order valence-corrected chi connectivity index (χ4v) is 2.28. The molecule has 0 aliphatic rings. The van der Waals surface area contributed by atoms with Gasteiger partial charge >= 0.3 is 5.97 Å². The summed E-state index contributed by atoms with van der Waals surface area (Å²) in [5.41, 5.74) is 6.52. The number of nitrogens with two attached hydrogens (primary N) is 1. The van der Waals surface area contributed by atoms with Crippen LogP contribution in [-0.4, -0.2) is 24.9 Å². The summed E-state index contributed by atoms with van der Waals surface area (Å²) in [5.74, 6) is 0.837. The van der Waals surface area contributed by atoms with Crippen molar-refractivity contribution >= 4 is 17.7 Å². The van der Waals surface area contributed by atoms with Crippen LogP contribution in [0.25, 0.3) is 0 Å². The molecule has 2 N–H and O–H groups in total. The maximum absolute atomic E-state index is 12.9. The summed E-state index contributed by atoms with van der Waals surface area (Å²) < 4.78 is 17.4. The first kappa shape index (κ1) is 14.0. The summed E-state index contributed by atoms with van der Waals surface area (Å²) in [4.78, 5) is 11.0. The van der Waals surface area contributed by atoms with E-state index in [9.17, 15) is 9.18 Å². The Balaban J connectivity index is 2.22. The molecule has 0 fully saturated rings. The van der Waals surface area contributed by atoms with E-state index in [2.05, 4.69) is 4.74 Å². The maximum Gasteiger partial charge on any atom is 0.322 e. The Labute approximate surface area is 105 Å². The van der Waals surface area contributed by atoms with Crippen molar-refractivity contribution in [2.24, 2.45) is 5.73 Å². The number of halogens is 1. The Hall–Kier alpha value is -1.07. The van der Waals surface area contributed by atoms with Gasteiger partial charge in [-0.25, -0.2) is 4.39 Å². The van der Waals surface area contributed by atoms with Gasteiger partial charge in [-0.15, -0.1) is 0 Å². The van der Waals surface area contributed by atoms with Gasteiger partial charge in [-0.1, -0.05) is 12.1 Å². The van der Waals surface area contributed by atoms with E-state index in [4.69, 9.17) is 5.73 Å². The number of esters is 1. The van der Waals surface area contributed by atoms with Crippen LogP contribution in [0, 0.1) is 5.82 Å². The van der Waals surface area contributed by atoms with E-state index in [0.29, 0.717) is 12.2 Å². The quantitative estimate of drug-likeness (QED) is 0.625. The molecular formula is C12H16FNO2S. The smallest absolute Gasteiger partial charge is 0.322 e. The summed E-state index contributed by atoms with van der Waals surface area (Å²) in [6, 6.07) is 5.91. The van der Waals surface area contributed by atoms with E-state index in [-0.39, 0.29) is 5.82 Å². The molecule has 1 aromatic rings. The predicted octanol–water partition coefficient (Wildman–Crippen LogP) is 1.95. The van der Waals surface area contributed by atoms with Crippen molar-refractivity contribution in [3.63, 3.8) is 0 Å². The van der Waals surface area contributed by atoms with Gasteiger partial charge in [-0.3, -0.25) is 4.79 Å². The van der Waals surface area contributed by atoms with Crippen LogP contribution in [-0.2, 0) is 15.3 Å². The zero-order chi connectivity index (χ0) is 12.7. The van der Waals surface area contributed by atoms with Gasteiger partial charge in [0.05, 0.1) is 7.11 Å². The van der Waals surface area contributed by atoms with Gasteiger partial charge in [0, 0.05) is 5.75 Å². The second-order valence-corrected chi connectivity index (χ2v) is 4.71. The third-order valence-electron chi connectivity index (χ3n) is 2.23. The number of carbonyl (C=O) groups excluding carboxylic acids is 1. The molecule has 0 aromatic heterocycles. The SMILES string of the molecule is COC(=O)C(N)CCSCc1cccc(F)c1. The van der Waals surface area contributed by atoms with Crippen molar-refractivity contribution in [3.05, 3.63) is 35.6 Å². The minimum Gasteiger partial charge on any atom is -0.468 e. The number of rotatable bonds is 6. The second kappa shape index (κ2) is 7.29. The molecule has 0 aliphatic carbocycles. The summed E-state index contributed by atoms with van der Waals surface area (Å²) in [6.07, 6.45) is 0.562. The van der Waals surface area contributed by atoms with E-state index in [0.717, 1.165) is 11.3 Å². The normalized spacial score (nSPS) is 12.2. The minimum atomic E-state index is -0.569. The molecule has 1 unspecified atom stereocenters. The number of benzene rings is 1. The molecule has 0 saturated carbocycles. The van der Waals surface area contributed by atoms with Crippen molar-refractivity contribution in [2.75, 3.05) is 12.9 Å². The van der Waals surface area contributed by atoms with Crippen LogP contribution in [0.5, 0.6) is 0 Å². The topological polar surface area (TPSA) is 52.3 Å². The van der Waals surface area contributed by atoms with E-state index in [1.54, 1.807) is 17.8 Å². The Morgan fingerprint density at radius 2 is 2.35 bits per heavy atom. The van der Waals surface area contributed by atoms with Gasteiger partial charge in [0.25, 0.3) is 0 Å². The Kier molecular flexibility index (Phi) is 6.00. The van der Waals surface area contributed by atoms with Gasteiger partial charge < -0.3 is 10.5 Å².